The van der Waals surface area contributed by atoms with Gasteiger partial charge in [0.25, 0.3) is 10.1 Å². The third-order valence-corrected chi connectivity index (χ3v) is 14.3. The van der Waals surface area contributed by atoms with Gasteiger partial charge in [0.1, 0.15) is 5.78 Å². The molecule has 2 saturated carbocycles. The molecular weight excluding hydrogens is 571 g/mol. The molecule has 2 aliphatic carbocycles. The molecule has 2 bridgehead atoms. The van der Waals surface area contributed by atoms with Gasteiger partial charge in [0, 0.05) is 36.2 Å². The fourth-order valence-electron chi connectivity index (χ4n) is 5.99. The van der Waals surface area contributed by atoms with Crippen molar-refractivity contribution in [1.82, 2.24) is 0 Å². The van der Waals surface area contributed by atoms with Gasteiger partial charge < -0.3 is 0 Å². The van der Waals surface area contributed by atoms with Crippen LogP contribution in [0.25, 0.3) is 0 Å². The lowest BCUT2D eigenvalue weighted by molar-refractivity contribution is -0.128. The molecular formula is C28H27Cl3O4S2. The SMILES string of the molecule is CC1(C)C2CCC1(CS(=O)(=O)OS(c1ccc(Cl)cc1)(c1ccc(Cl)cc1)c1ccc(Cl)cc1)C(=O)C2. The topological polar surface area (TPSA) is 60.4 Å². The summed E-state index contributed by atoms with van der Waals surface area (Å²) in [6, 6.07) is 21.0. The zero-order chi connectivity index (χ0) is 26.6. The molecule has 196 valence electrons. The largest absolute Gasteiger partial charge is 0.299 e. The van der Waals surface area contributed by atoms with E-state index >= 15 is 0 Å². The van der Waals surface area contributed by atoms with Crippen LogP contribution in [0.15, 0.2) is 87.5 Å². The van der Waals surface area contributed by atoms with Gasteiger partial charge in [0.2, 0.25) is 0 Å². The summed E-state index contributed by atoms with van der Waals surface area (Å²) in [5.74, 6) is -0.145. The number of fused-ring (bicyclic) bond motifs is 2. The maximum absolute atomic E-state index is 14.1. The third kappa shape index (κ3) is 4.54. The summed E-state index contributed by atoms with van der Waals surface area (Å²) in [5.41, 5.74) is -1.37. The number of benzene rings is 3. The molecule has 5 rings (SSSR count). The highest BCUT2D eigenvalue weighted by atomic mass is 35.5. The summed E-state index contributed by atoms with van der Waals surface area (Å²) < 4.78 is 34.6. The Hall–Kier alpha value is -1.54. The number of hydrogen-bond donors (Lipinski definition) is 0. The monoisotopic (exact) mass is 596 g/mol. The van der Waals surface area contributed by atoms with Gasteiger partial charge in [-0.15, -0.1) is 0 Å². The first-order valence-corrected chi connectivity index (χ1v) is 16.2. The summed E-state index contributed by atoms with van der Waals surface area (Å²) in [7, 11) is -7.06. The molecule has 0 amide bonds. The lowest BCUT2D eigenvalue weighted by Gasteiger charge is -2.41. The minimum atomic E-state index is -4.23. The number of hydrogen-bond acceptors (Lipinski definition) is 4. The fourth-order valence-corrected chi connectivity index (χ4v) is 12.4. The summed E-state index contributed by atoms with van der Waals surface area (Å²) in [6.45, 7) is 4.03. The second kappa shape index (κ2) is 9.58. The van der Waals surface area contributed by atoms with Gasteiger partial charge in [0.05, 0.1) is 11.2 Å². The van der Waals surface area contributed by atoms with Crippen LogP contribution in [0.5, 0.6) is 0 Å². The zero-order valence-electron chi connectivity index (χ0n) is 20.4. The molecule has 3 aromatic rings. The fraction of sp³-hybridized carbons (Fsp3) is 0.321. The average molecular weight is 598 g/mol. The Morgan fingerprint density at radius 2 is 1.19 bits per heavy atom. The molecule has 2 fully saturated rings. The van der Waals surface area contributed by atoms with Crippen molar-refractivity contribution < 1.29 is 16.8 Å². The highest BCUT2D eigenvalue weighted by molar-refractivity contribution is 8.33. The standard InChI is InChI=1S/C28H27Cl3O4S2/c1-27(2)19-15-16-28(27,26(32)17-19)18-36(33,34)35-37(23-9-3-20(29)4-10-23,24-11-5-21(30)6-12-24)25-13-7-22(31)8-14-25/h3-14,19H,15-18H2,1-2H3. The van der Waals surface area contributed by atoms with Crippen molar-refractivity contribution in [2.24, 2.45) is 16.7 Å². The van der Waals surface area contributed by atoms with E-state index in [-0.39, 0.29) is 17.5 Å². The van der Waals surface area contributed by atoms with Crippen molar-refractivity contribution >= 4 is 61.0 Å². The minimum Gasteiger partial charge on any atom is -0.299 e. The van der Waals surface area contributed by atoms with E-state index in [4.69, 9.17) is 38.4 Å². The molecule has 2 atom stereocenters. The number of rotatable bonds is 7. The maximum atomic E-state index is 14.1. The molecule has 0 heterocycles. The van der Waals surface area contributed by atoms with E-state index in [0.29, 0.717) is 42.6 Å². The van der Waals surface area contributed by atoms with E-state index in [2.05, 4.69) is 0 Å². The van der Waals surface area contributed by atoms with Gasteiger partial charge in [-0.25, -0.2) is 3.63 Å². The molecule has 0 N–H and O–H groups in total. The number of ketones is 1. The van der Waals surface area contributed by atoms with Crippen LogP contribution >= 0.6 is 45.1 Å². The van der Waals surface area contributed by atoms with E-state index in [1.54, 1.807) is 72.8 Å². The predicted octanol–water partition coefficient (Wildman–Crippen LogP) is 8.59. The molecule has 2 aliphatic rings. The van der Waals surface area contributed by atoms with Crippen molar-refractivity contribution in [3.63, 3.8) is 0 Å². The van der Waals surface area contributed by atoms with Crippen molar-refractivity contribution in [1.29, 1.82) is 0 Å². The van der Waals surface area contributed by atoms with Crippen LogP contribution in [0.1, 0.15) is 33.1 Å². The molecule has 0 aliphatic heterocycles. The normalized spacial score (nSPS) is 23.4. The predicted molar refractivity (Wildman–Crippen MR) is 150 cm³/mol. The highest BCUT2D eigenvalue weighted by Crippen LogP contribution is 2.71. The molecule has 2 unspecified atom stereocenters. The van der Waals surface area contributed by atoms with Crippen LogP contribution in [0.4, 0.5) is 0 Å². The van der Waals surface area contributed by atoms with Gasteiger partial charge in [-0.1, -0.05) is 48.7 Å². The van der Waals surface area contributed by atoms with Gasteiger partial charge >= 0.3 is 0 Å². The molecule has 0 spiro atoms. The highest BCUT2D eigenvalue weighted by Gasteiger charge is 2.65. The summed E-state index contributed by atoms with van der Waals surface area (Å²) in [5, 5.41) is 1.55. The van der Waals surface area contributed by atoms with Crippen molar-refractivity contribution in [2.45, 2.75) is 47.8 Å². The summed E-state index contributed by atoms with van der Waals surface area (Å²) in [6.07, 6.45) is 1.82. The quantitative estimate of drug-likeness (QED) is 0.274. The van der Waals surface area contributed by atoms with Crippen LogP contribution in [-0.4, -0.2) is 20.0 Å². The number of Topliss-reactive ketones (excluding diaryl/α,β-unsaturated/α-hetero) is 1. The second-order valence-electron chi connectivity index (χ2n) is 10.4. The van der Waals surface area contributed by atoms with Crippen LogP contribution in [0.2, 0.25) is 15.1 Å². The molecule has 0 radical (unpaired) electrons. The summed E-state index contributed by atoms with van der Waals surface area (Å²) >= 11 is 18.6. The third-order valence-electron chi connectivity index (χ3n) is 8.20. The molecule has 9 heteroatoms. The van der Waals surface area contributed by atoms with Gasteiger partial charge in [-0.3, -0.25) is 4.79 Å². The molecule has 0 saturated heterocycles. The molecule has 37 heavy (non-hydrogen) atoms. The Morgan fingerprint density at radius 3 is 1.51 bits per heavy atom. The molecule has 4 nitrogen and oxygen atoms in total. The lowest BCUT2D eigenvalue weighted by Crippen LogP contribution is -2.42. The Kier molecular flexibility index (Phi) is 7.00. The van der Waals surface area contributed by atoms with Gasteiger partial charge in [-0.05, 0) is 107 Å². The summed E-state index contributed by atoms with van der Waals surface area (Å²) in [4.78, 5) is 15.1. The first kappa shape index (κ1) is 27.0. The van der Waals surface area contributed by atoms with Gasteiger partial charge in [0.15, 0.2) is 0 Å². The number of carbonyl (C=O) groups excluding carboxylic acids is 1. The first-order valence-electron chi connectivity index (χ1n) is 12.0. The van der Waals surface area contributed by atoms with Crippen LogP contribution in [0.3, 0.4) is 0 Å². The Bertz CT molecular complexity index is 1330. The lowest BCUT2D eigenvalue weighted by atomic mass is 9.70. The maximum Gasteiger partial charge on any atom is 0.278 e. The van der Waals surface area contributed by atoms with E-state index < -0.39 is 31.3 Å². The Balaban J connectivity index is 1.70. The van der Waals surface area contributed by atoms with Crippen LogP contribution in [0, 0.1) is 16.7 Å². The van der Waals surface area contributed by atoms with E-state index in [9.17, 15) is 13.2 Å². The van der Waals surface area contributed by atoms with Crippen molar-refractivity contribution in [2.75, 3.05) is 5.75 Å². The molecule has 3 aromatic carbocycles. The van der Waals surface area contributed by atoms with Crippen molar-refractivity contribution in [3.05, 3.63) is 87.9 Å². The van der Waals surface area contributed by atoms with E-state index in [1.807, 2.05) is 13.8 Å². The smallest absolute Gasteiger partial charge is 0.278 e. The van der Waals surface area contributed by atoms with Crippen molar-refractivity contribution in [3.8, 4) is 0 Å². The number of carbonyl (C=O) groups is 1. The minimum absolute atomic E-state index is 0.0194. The second-order valence-corrected chi connectivity index (χ2v) is 16.1. The Labute approximate surface area is 234 Å². The van der Waals surface area contributed by atoms with E-state index in [0.717, 1.165) is 6.42 Å². The zero-order valence-corrected chi connectivity index (χ0v) is 24.3. The Morgan fingerprint density at radius 1 is 0.784 bits per heavy atom. The molecule has 0 aromatic heterocycles. The van der Waals surface area contributed by atoms with E-state index in [1.165, 1.54) is 0 Å². The van der Waals surface area contributed by atoms with Gasteiger partial charge in [-0.2, -0.15) is 8.42 Å². The van der Waals surface area contributed by atoms with Crippen LogP contribution in [-0.2, 0) is 18.5 Å². The first-order chi connectivity index (χ1) is 17.4. The average Bonchev–Trinajstić information content (AvgIpc) is 3.18. The van der Waals surface area contributed by atoms with Crippen LogP contribution < -0.4 is 0 Å². The number of halogens is 3.